The highest BCUT2D eigenvalue weighted by atomic mass is 32.1. The van der Waals surface area contributed by atoms with Crippen molar-refractivity contribution in [2.24, 2.45) is 7.05 Å². The lowest BCUT2D eigenvalue weighted by Gasteiger charge is -2.07. The van der Waals surface area contributed by atoms with E-state index in [1.807, 2.05) is 25.2 Å². The highest BCUT2D eigenvalue weighted by Gasteiger charge is 2.19. The monoisotopic (exact) mass is 434 g/mol. The summed E-state index contributed by atoms with van der Waals surface area (Å²) in [4.78, 5) is 17.9. The first-order valence-electron chi connectivity index (χ1n) is 9.53. The van der Waals surface area contributed by atoms with Gasteiger partial charge in [-0.1, -0.05) is 12.1 Å². The Kier molecular flexibility index (Phi) is 3.81. The van der Waals surface area contributed by atoms with Crippen molar-refractivity contribution in [3.63, 3.8) is 0 Å². The van der Waals surface area contributed by atoms with Crippen LogP contribution in [0.25, 0.3) is 32.2 Å². The van der Waals surface area contributed by atoms with E-state index in [1.54, 1.807) is 17.0 Å². The van der Waals surface area contributed by atoms with Gasteiger partial charge in [0.05, 0.1) is 35.4 Å². The van der Waals surface area contributed by atoms with Gasteiger partial charge in [-0.15, -0.1) is 11.3 Å². The third-order valence-electron chi connectivity index (χ3n) is 5.45. The number of H-pyrrole nitrogens is 2. The molecule has 1 aromatic carbocycles. The predicted octanol–water partition coefficient (Wildman–Crippen LogP) is 2.72. The van der Waals surface area contributed by atoms with Crippen LogP contribution in [-0.4, -0.2) is 39.7 Å². The maximum absolute atomic E-state index is 13.7. The molecular weight excluding hydrogens is 419 g/mol. The lowest BCUT2D eigenvalue weighted by Crippen LogP contribution is -2.24. The number of nitrogens with one attached hydrogen (secondary N) is 2. The van der Waals surface area contributed by atoms with Crippen molar-refractivity contribution in [3.8, 4) is 0 Å². The Labute approximate surface area is 177 Å². The Balaban J connectivity index is 1.44. The van der Waals surface area contributed by atoms with Crippen molar-refractivity contribution in [2.75, 3.05) is 0 Å². The summed E-state index contributed by atoms with van der Waals surface area (Å²) in [5, 5.41) is 20.3. The number of hydrogen-bond donors (Lipinski definition) is 2. The number of nitrogens with zero attached hydrogens (tertiary/aromatic N) is 6. The molecule has 9 nitrogen and oxygen atoms in total. The summed E-state index contributed by atoms with van der Waals surface area (Å²) in [5.41, 5.74) is 3.22. The third kappa shape index (κ3) is 2.70. The van der Waals surface area contributed by atoms with E-state index in [4.69, 9.17) is 0 Å². The molecule has 5 heterocycles. The molecule has 0 saturated heterocycles. The van der Waals surface area contributed by atoms with Gasteiger partial charge in [-0.05, 0) is 11.6 Å². The molecule has 6 rings (SSSR count). The lowest BCUT2D eigenvalue weighted by molar-refractivity contribution is 0.614. The van der Waals surface area contributed by atoms with E-state index >= 15 is 0 Å². The maximum Gasteiger partial charge on any atom is 0.291 e. The van der Waals surface area contributed by atoms with E-state index in [0.717, 1.165) is 31.6 Å². The fourth-order valence-corrected chi connectivity index (χ4v) is 5.03. The lowest BCUT2D eigenvalue weighted by atomic mass is 10.1. The van der Waals surface area contributed by atoms with Gasteiger partial charge < -0.3 is 4.57 Å². The van der Waals surface area contributed by atoms with E-state index < -0.39 is 0 Å². The Morgan fingerprint density at radius 1 is 1.23 bits per heavy atom. The highest BCUT2D eigenvalue weighted by Crippen LogP contribution is 2.31. The van der Waals surface area contributed by atoms with Gasteiger partial charge in [-0.25, -0.2) is 14.1 Å². The van der Waals surface area contributed by atoms with Crippen LogP contribution >= 0.6 is 11.3 Å². The molecule has 0 aliphatic carbocycles. The summed E-state index contributed by atoms with van der Waals surface area (Å²) in [7, 11) is 1.81. The fourth-order valence-electron chi connectivity index (χ4n) is 3.92. The molecule has 0 aliphatic rings. The van der Waals surface area contributed by atoms with Crippen molar-refractivity contribution < 1.29 is 4.39 Å². The van der Waals surface area contributed by atoms with Gasteiger partial charge in [0.25, 0.3) is 5.56 Å². The van der Waals surface area contributed by atoms with E-state index in [9.17, 15) is 9.18 Å². The van der Waals surface area contributed by atoms with E-state index in [1.165, 1.54) is 22.2 Å². The van der Waals surface area contributed by atoms with Crippen LogP contribution in [0.4, 0.5) is 4.39 Å². The molecule has 0 unspecified atom stereocenters. The van der Waals surface area contributed by atoms with Crippen LogP contribution < -0.4 is 5.56 Å². The Morgan fingerprint density at radius 3 is 2.97 bits per heavy atom. The van der Waals surface area contributed by atoms with Crippen molar-refractivity contribution in [1.29, 1.82) is 0 Å². The number of rotatable bonds is 4. The number of halogens is 1. The molecule has 2 N–H and O–H groups in total. The number of aromatic amines is 2. The average molecular weight is 434 g/mol. The first-order valence-corrected chi connectivity index (χ1v) is 10.3. The first-order chi connectivity index (χ1) is 15.1. The van der Waals surface area contributed by atoms with Crippen LogP contribution in [0.2, 0.25) is 0 Å². The standard InChI is InChI=1S/C20H15FN8OS/c1-28-17-12(18-19(28)25-16(31-18)5-15-13(21)8-23-27-15)7-24-29(20(17)30)9-10-3-2-4-14-11(10)6-22-26-14/h2-4,6-8H,5,9H2,1H3,(H,22,26)(H,23,27). The number of aryl methyl sites for hydroxylation is 1. The Hall–Kier alpha value is -3.86. The molecule has 5 aromatic heterocycles. The fraction of sp³-hybridized carbons (Fsp3) is 0.150. The molecular formula is C20H15FN8OS. The summed E-state index contributed by atoms with van der Waals surface area (Å²) in [5.74, 6) is -0.388. The van der Waals surface area contributed by atoms with Crippen molar-refractivity contribution >= 4 is 43.5 Å². The average Bonchev–Trinajstić information content (AvgIpc) is 3.52. The molecule has 0 spiro atoms. The smallest absolute Gasteiger partial charge is 0.291 e. The summed E-state index contributed by atoms with van der Waals surface area (Å²) < 4.78 is 17.8. The van der Waals surface area contributed by atoms with Crippen LogP contribution in [0.3, 0.4) is 0 Å². The molecule has 154 valence electrons. The quantitative estimate of drug-likeness (QED) is 0.443. The molecule has 0 saturated carbocycles. The van der Waals surface area contributed by atoms with Gasteiger partial charge in [-0.3, -0.25) is 15.0 Å². The Bertz CT molecular complexity index is 1650. The molecule has 11 heteroatoms. The molecule has 0 fully saturated rings. The summed E-state index contributed by atoms with van der Waals surface area (Å²) in [6, 6.07) is 5.82. The van der Waals surface area contributed by atoms with Crippen LogP contribution in [0.5, 0.6) is 0 Å². The number of fused-ring (bicyclic) bond motifs is 4. The molecule has 0 bridgehead atoms. The van der Waals surface area contributed by atoms with Crippen LogP contribution in [0.15, 0.2) is 41.6 Å². The minimum absolute atomic E-state index is 0.189. The minimum atomic E-state index is -0.388. The zero-order chi connectivity index (χ0) is 21.1. The zero-order valence-corrected chi connectivity index (χ0v) is 17.1. The second-order valence-electron chi connectivity index (χ2n) is 7.29. The van der Waals surface area contributed by atoms with Gasteiger partial charge >= 0.3 is 0 Å². The van der Waals surface area contributed by atoms with Crippen LogP contribution in [-0.2, 0) is 20.0 Å². The molecule has 0 amide bonds. The summed E-state index contributed by atoms with van der Waals surface area (Å²) >= 11 is 1.42. The number of aromatic nitrogens is 8. The Morgan fingerprint density at radius 2 is 2.13 bits per heavy atom. The molecule has 0 atom stereocenters. The number of benzene rings is 1. The molecule has 0 aliphatic heterocycles. The first kappa shape index (κ1) is 18.0. The molecule has 0 radical (unpaired) electrons. The highest BCUT2D eigenvalue weighted by molar-refractivity contribution is 7.19. The number of thiazole rings is 1. The van der Waals surface area contributed by atoms with E-state index in [-0.39, 0.29) is 17.8 Å². The van der Waals surface area contributed by atoms with Crippen LogP contribution in [0, 0.1) is 5.82 Å². The summed E-state index contributed by atoms with van der Waals surface area (Å²) in [6.07, 6.45) is 4.95. The van der Waals surface area contributed by atoms with Crippen molar-refractivity contribution in [2.45, 2.75) is 13.0 Å². The van der Waals surface area contributed by atoms with Gasteiger partial charge in [0.1, 0.15) is 16.2 Å². The molecule has 6 aromatic rings. The second-order valence-corrected chi connectivity index (χ2v) is 8.38. The van der Waals surface area contributed by atoms with Crippen molar-refractivity contribution in [3.05, 3.63) is 69.2 Å². The number of hydrogen-bond acceptors (Lipinski definition) is 6. The third-order valence-corrected chi connectivity index (χ3v) is 6.53. The SMILES string of the molecule is Cn1c2nc(Cc3n[nH]cc3F)sc2c2cnn(Cc3cccc4[nH]ncc34)c(=O)c21. The minimum Gasteiger partial charge on any atom is -0.323 e. The van der Waals surface area contributed by atoms with Gasteiger partial charge in [0, 0.05) is 24.2 Å². The summed E-state index contributed by atoms with van der Waals surface area (Å²) in [6.45, 7) is 0.335. The maximum atomic E-state index is 13.7. The van der Waals surface area contributed by atoms with E-state index in [2.05, 4.69) is 30.5 Å². The topological polar surface area (TPSA) is 110 Å². The van der Waals surface area contributed by atoms with E-state index in [0.29, 0.717) is 23.4 Å². The van der Waals surface area contributed by atoms with Crippen molar-refractivity contribution in [1.82, 2.24) is 39.7 Å². The zero-order valence-electron chi connectivity index (χ0n) is 16.3. The van der Waals surface area contributed by atoms with Gasteiger partial charge in [0.15, 0.2) is 11.5 Å². The largest absolute Gasteiger partial charge is 0.323 e. The van der Waals surface area contributed by atoms with Gasteiger partial charge in [-0.2, -0.15) is 15.3 Å². The molecule has 31 heavy (non-hydrogen) atoms. The second kappa shape index (κ2) is 6.57. The predicted molar refractivity (Wildman–Crippen MR) is 115 cm³/mol. The normalized spacial score (nSPS) is 11.9. The van der Waals surface area contributed by atoms with Crippen LogP contribution in [0.1, 0.15) is 16.3 Å². The van der Waals surface area contributed by atoms with Gasteiger partial charge in [0.2, 0.25) is 0 Å².